The van der Waals surface area contributed by atoms with Crippen LogP contribution >= 0.6 is 46.6 Å². The van der Waals surface area contributed by atoms with Gasteiger partial charge in [0.2, 0.25) is 5.91 Å². The molecule has 5 rings (SSSR count). The van der Waals surface area contributed by atoms with Gasteiger partial charge in [0.1, 0.15) is 5.37 Å². The summed E-state index contributed by atoms with van der Waals surface area (Å²) in [5.41, 5.74) is 2.97. The van der Waals surface area contributed by atoms with Gasteiger partial charge < -0.3 is 10.2 Å². The van der Waals surface area contributed by atoms with E-state index < -0.39 is 10.0 Å². The summed E-state index contributed by atoms with van der Waals surface area (Å²) >= 11 is 19.4. The van der Waals surface area contributed by atoms with Crippen molar-refractivity contribution in [2.45, 2.75) is 16.8 Å². The molecule has 0 aliphatic carbocycles. The second kappa shape index (κ2) is 12.3. The Kier molecular flexibility index (Phi) is 8.82. The van der Waals surface area contributed by atoms with E-state index >= 15 is 0 Å². The predicted molar refractivity (Wildman–Crippen MR) is 165 cm³/mol. The number of hydrogen-bond acceptors (Lipinski definition) is 5. The van der Waals surface area contributed by atoms with Gasteiger partial charge in [0, 0.05) is 32.9 Å². The van der Waals surface area contributed by atoms with E-state index in [9.17, 15) is 18.0 Å². The van der Waals surface area contributed by atoms with Gasteiger partial charge in [-0.15, -0.1) is 11.8 Å². The molecule has 7 nitrogen and oxygen atoms in total. The molecule has 0 saturated carbocycles. The number of nitrogens with zero attached hydrogens (tertiary/aromatic N) is 1. The van der Waals surface area contributed by atoms with E-state index in [1.165, 1.54) is 54.2 Å². The van der Waals surface area contributed by atoms with E-state index in [2.05, 4.69) is 10.0 Å². The summed E-state index contributed by atoms with van der Waals surface area (Å²) in [6.07, 6.45) is 0. The van der Waals surface area contributed by atoms with Crippen LogP contribution in [0.15, 0.2) is 95.9 Å². The summed E-state index contributed by atoms with van der Waals surface area (Å²) in [5.74, 6) is 0.0787. The van der Waals surface area contributed by atoms with Gasteiger partial charge >= 0.3 is 0 Å². The molecule has 0 aromatic heterocycles. The van der Waals surface area contributed by atoms with Crippen LogP contribution in [0.2, 0.25) is 15.1 Å². The monoisotopic (exact) mass is 645 g/mol. The third kappa shape index (κ3) is 7.17. The molecule has 1 heterocycles. The van der Waals surface area contributed by atoms with E-state index in [4.69, 9.17) is 34.8 Å². The highest BCUT2D eigenvalue weighted by atomic mass is 35.5. The van der Waals surface area contributed by atoms with Crippen molar-refractivity contribution in [3.8, 4) is 0 Å². The van der Waals surface area contributed by atoms with Crippen LogP contribution in [0.5, 0.6) is 0 Å². The number of anilines is 2. The zero-order chi connectivity index (χ0) is 29.1. The first kappa shape index (κ1) is 29.3. The maximum atomic E-state index is 12.9. The standard InChI is InChI=1S/C29H22Cl3N3O4S2/c30-21-7-1-18(2-8-21)16-35-27(36)17-40-29(35)20-5-3-19(4-6-20)28(37)33-24-9-11-26(12-10-24)41(38,39)34-25-14-22(31)13-23(32)15-25/h1-15,29,34H,16-17H2,(H,33,37)/t29-/m1/s1. The molecule has 12 heteroatoms. The molecule has 41 heavy (non-hydrogen) atoms. The number of hydrogen-bond donors (Lipinski definition) is 2. The Bertz CT molecular complexity index is 1680. The van der Waals surface area contributed by atoms with Crippen molar-refractivity contribution in [2.75, 3.05) is 15.8 Å². The van der Waals surface area contributed by atoms with Gasteiger partial charge in [0.25, 0.3) is 15.9 Å². The molecule has 1 saturated heterocycles. The van der Waals surface area contributed by atoms with Crippen LogP contribution in [0.4, 0.5) is 11.4 Å². The van der Waals surface area contributed by atoms with Crippen LogP contribution in [-0.2, 0) is 21.4 Å². The highest BCUT2D eigenvalue weighted by Crippen LogP contribution is 2.39. The molecule has 0 bridgehead atoms. The van der Waals surface area contributed by atoms with Crippen molar-refractivity contribution in [1.82, 2.24) is 4.90 Å². The Hall–Kier alpha value is -3.21. The molecule has 1 aliphatic rings. The molecule has 0 unspecified atom stereocenters. The molecule has 210 valence electrons. The molecule has 0 spiro atoms. The van der Waals surface area contributed by atoms with Crippen LogP contribution in [0.25, 0.3) is 0 Å². The van der Waals surface area contributed by atoms with E-state index in [1.807, 2.05) is 29.2 Å². The summed E-state index contributed by atoms with van der Waals surface area (Å²) < 4.78 is 28.0. The smallest absolute Gasteiger partial charge is 0.261 e. The van der Waals surface area contributed by atoms with E-state index in [0.29, 0.717) is 38.6 Å². The second-order valence-corrected chi connectivity index (χ2v) is 13.2. The van der Waals surface area contributed by atoms with Gasteiger partial charge in [0.15, 0.2) is 0 Å². The number of carbonyl (C=O) groups is 2. The summed E-state index contributed by atoms with van der Waals surface area (Å²) in [5, 5.41) is 3.84. The molecule has 2 N–H and O–H groups in total. The Morgan fingerprint density at radius 3 is 2.10 bits per heavy atom. The van der Waals surface area contributed by atoms with Crippen molar-refractivity contribution in [1.29, 1.82) is 0 Å². The van der Waals surface area contributed by atoms with E-state index in [1.54, 1.807) is 24.3 Å². The van der Waals surface area contributed by atoms with Gasteiger partial charge in [0.05, 0.1) is 16.3 Å². The molecule has 2 amide bonds. The van der Waals surface area contributed by atoms with Gasteiger partial charge in [-0.2, -0.15) is 0 Å². The predicted octanol–water partition coefficient (Wildman–Crippen LogP) is 7.47. The van der Waals surface area contributed by atoms with Crippen LogP contribution in [0, 0.1) is 0 Å². The summed E-state index contributed by atoms with van der Waals surface area (Å²) in [6.45, 7) is 0.462. The van der Waals surface area contributed by atoms with Crippen molar-refractivity contribution >= 4 is 79.8 Å². The van der Waals surface area contributed by atoms with Gasteiger partial charge in [-0.25, -0.2) is 8.42 Å². The number of rotatable bonds is 8. The zero-order valence-electron chi connectivity index (χ0n) is 21.2. The topological polar surface area (TPSA) is 95.6 Å². The number of halogens is 3. The van der Waals surface area contributed by atoms with Crippen LogP contribution in [-0.4, -0.2) is 30.9 Å². The number of carbonyl (C=O) groups excluding carboxylic acids is 2. The molecule has 1 fully saturated rings. The van der Waals surface area contributed by atoms with Gasteiger partial charge in [-0.1, -0.05) is 59.1 Å². The van der Waals surface area contributed by atoms with Gasteiger partial charge in [-0.05, 0) is 77.9 Å². The second-order valence-electron chi connectivity index (χ2n) is 9.18. The highest BCUT2D eigenvalue weighted by Gasteiger charge is 2.32. The quantitative estimate of drug-likeness (QED) is 0.207. The lowest BCUT2D eigenvalue weighted by Gasteiger charge is -2.24. The minimum Gasteiger partial charge on any atom is -0.322 e. The number of benzene rings is 4. The largest absolute Gasteiger partial charge is 0.322 e. The summed E-state index contributed by atoms with van der Waals surface area (Å²) in [7, 11) is -3.90. The van der Waals surface area contributed by atoms with E-state index in [-0.39, 0.29) is 27.8 Å². The molecule has 4 aromatic carbocycles. The highest BCUT2D eigenvalue weighted by molar-refractivity contribution is 8.00. The molecule has 1 atom stereocenters. The van der Waals surface area contributed by atoms with Crippen molar-refractivity contribution in [3.63, 3.8) is 0 Å². The maximum absolute atomic E-state index is 12.9. The van der Waals surface area contributed by atoms with Crippen molar-refractivity contribution in [2.24, 2.45) is 0 Å². The normalized spacial score (nSPS) is 15.1. The summed E-state index contributed by atoms with van der Waals surface area (Å²) in [6, 6.07) is 24.6. The molecule has 4 aromatic rings. The van der Waals surface area contributed by atoms with Crippen molar-refractivity contribution in [3.05, 3.63) is 123 Å². The lowest BCUT2D eigenvalue weighted by Crippen LogP contribution is -2.27. The lowest BCUT2D eigenvalue weighted by atomic mass is 10.1. The first-order valence-electron chi connectivity index (χ1n) is 12.2. The Morgan fingerprint density at radius 1 is 0.829 bits per heavy atom. The Balaban J connectivity index is 1.23. The first-order chi connectivity index (χ1) is 19.6. The average Bonchev–Trinajstić information content (AvgIpc) is 3.29. The minimum atomic E-state index is -3.90. The van der Waals surface area contributed by atoms with Crippen LogP contribution in [0.3, 0.4) is 0 Å². The Morgan fingerprint density at radius 2 is 1.46 bits per heavy atom. The zero-order valence-corrected chi connectivity index (χ0v) is 25.1. The number of amides is 2. The fourth-order valence-corrected chi connectivity index (χ4v) is 7.11. The molecule has 0 radical (unpaired) electrons. The fourth-order valence-electron chi connectivity index (χ4n) is 4.23. The van der Waals surface area contributed by atoms with E-state index in [0.717, 1.165) is 11.1 Å². The van der Waals surface area contributed by atoms with Crippen LogP contribution < -0.4 is 10.0 Å². The fraction of sp³-hybridized carbons (Fsp3) is 0.103. The molecular formula is C29H22Cl3N3O4S2. The minimum absolute atomic E-state index is 0.00251. The first-order valence-corrected chi connectivity index (χ1v) is 15.9. The van der Waals surface area contributed by atoms with Crippen molar-refractivity contribution < 1.29 is 18.0 Å². The third-order valence-electron chi connectivity index (χ3n) is 6.23. The lowest BCUT2D eigenvalue weighted by molar-refractivity contribution is -0.128. The number of nitrogens with one attached hydrogen (secondary N) is 2. The van der Waals surface area contributed by atoms with Gasteiger partial charge in [-0.3, -0.25) is 14.3 Å². The third-order valence-corrected chi connectivity index (χ3v) is 9.57. The summed E-state index contributed by atoms with van der Waals surface area (Å²) in [4.78, 5) is 27.3. The SMILES string of the molecule is O=C(Nc1ccc(S(=O)(=O)Nc2cc(Cl)cc(Cl)c2)cc1)c1ccc([C@H]2SCC(=O)N2Cc2ccc(Cl)cc2)cc1. The number of sulfonamides is 1. The van der Waals surface area contributed by atoms with Crippen LogP contribution in [0.1, 0.15) is 26.9 Å². The maximum Gasteiger partial charge on any atom is 0.261 e. The molecular weight excluding hydrogens is 625 g/mol. The number of thioether (sulfide) groups is 1. The Labute approximate surface area is 256 Å². The molecule has 1 aliphatic heterocycles. The average molecular weight is 647 g/mol.